The maximum Gasteiger partial charge on any atom is 0.243 e. The van der Waals surface area contributed by atoms with Crippen molar-refractivity contribution in [2.24, 2.45) is 5.10 Å². The van der Waals surface area contributed by atoms with Crippen LogP contribution in [0.3, 0.4) is 0 Å². The van der Waals surface area contributed by atoms with Crippen LogP contribution in [0.4, 0.5) is 5.82 Å². The molecule has 0 atom stereocenters. The Morgan fingerprint density at radius 2 is 1.66 bits per heavy atom. The smallest absolute Gasteiger partial charge is 0.243 e. The first-order valence-electron chi connectivity index (χ1n) is 9.93. The summed E-state index contributed by atoms with van der Waals surface area (Å²) < 4.78 is 0. The second-order valence-electron chi connectivity index (χ2n) is 7.11. The van der Waals surface area contributed by atoms with Crippen molar-refractivity contribution in [3.63, 3.8) is 0 Å². The van der Waals surface area contributed by atoms with Gasteiger partial charge in [0, 0.05) is 57.8 Å². The van der Waals surface area contributed by atoms with Crippen LogP contribution in [-0.2, 0) is 9.59 Å². The molecule has 2 aromatic rings. The number of nitrogens with zero attached hydrogens (tertiary/aromatic N) is 6. The Morgan fingerprint density at radius 3 is 2.38 bits per heavy atom. The zero-order valence-electron chi connectivity index (χ0n) is 16.3. The average Bonchev–Trinajstić information content (AvgIpc) is 3.29. The van der Waals surface area contributed by atoms with Crippen LogP contribution in [0.2, 0.25) is 0 Å². The number of carbonyl (C=O) groups is 2. The number of piperazine rings is 1. The molecular weight excluding hydrogens is 368 g/mol. The van der Waals surface area contributed by atoms with Gasteiger partial charge in [-0.05, 0) is 5.56 Å². The molecule has 1 fully saturated rings. The predicted octanol–water partition coefficient (Wildman–Crippen LogP) is 1.54. The van der Waals surface area contributed by atoms with Gasteiger partial charge >= 0.3 is 0 Å². The molecule has 0 bridgehead atoms. The number of amides is 2. The lowest BCUT2D eigenvalue weighted by molar-refractivity contribution is -0.137. The molecule has 2 aliphatic heterocycles. The van der Waals surface area contributed by atoms with Crippen molar-refractivity contribution in [1.82, 2.24) is 19.9 Å². The highest BCUT2D eigenvalue weighted by Crippen LogP contribution is 2.16. The third kappa shape index (κ3) is 4.59. The van der Waals surface area contributed by atoms with Crippen LogP contribution in [0.15, 0.2) is 54.0 Å². The van der Waals surface area contributed by atoms with Crippen molar-refractivity contribution in [1.29, 1.82) is 0 Å². The summed E-state index contributed by atoms with van der Waals surface area (Å²) in [4.78, 5) is 37.3. The van der Waals surface area contributed by atoms with Crippen LogP contribution in [0, 0.1) is 0 Å². The van der Waals surface area contributed by atoms with E-state index in [9.17, 15) is 9.59 Å². The Kier molecular flexibility index (Phi) is 5.79. The van der Waals surface area contributed by atoms with Crippen molar-refractivity contribution in [2.45, 2.75) is 19.3 Å². The Hall–Kier alpha value is -3.29. The lowest BCUT2D eigenvalue weighted by atomic mass is 10.1. The average molecular weight is 392 g/mol. The second-order valence-corrected chi connectivity index (χ2v) is 7.11. The maximum atomic E-state index is 12.5. The molecule has 1 aromatic carbocycles. The fourth-order valence-electron chi connectivity index (χ4n) is 3.61. The number of carbonyl (C=O) groups excluding carboxylic acids is 2. The third-order valence-electron chi connectivity index (χ3n) is 5.26. The first-order chi connectivity index (χ1) is 14.2. The summed E-state index contributed by atoms with van der Waals surface area (Å²) in [7, 11) is 0. The van der Waals surface area contributed by atoms with Crippen molar-refractivity contribution in [3.05, 3.63) is 54.5 Å². The zero-order chi connectivity index (χ0) is 20.1. The summed E-state index contributed by atoms with van der Waals surface area (Å²) in [6.45, 7) is 3.27. The minimum absolute atomic E-state index is 0.0172. The highest BCUT2D eigenvalue weighted by molar-refractivity contribution is 6.02. The van der Waals surface area contributed by atoms with E-state index in [1.165, 1.54) is 5.01 Å². The van der Waals surface area contributed by atoms with E-state index >= 15 is 0 Å². The van der Waals surface area contributed by atoms with Crippen LogP contribution in [0.1, 0.15) is 24.8 Å². The van der Waals surface area contributed by atoms with Crippen LogP contribution in [0.5, 0.6) is 0 Å². The van der Waals surface area contributed by atoms with E-state index in [0.717, 1.165) is 36.6 Å². The van der Waals surface area contributed by atoms with Gasteiger partial charge < -0.3 is 9.80 Å². The van der Waals surface area contributed by atoms with Gasteiger partial charge in [-0.1, -0.05) is 30.3 Å². The monoisotopic (exact) mass is 392 g/mol. The molecule has 2 amide bonds. The van der Waals surface area contributed by atoms with E-state index < -0.39 is 0 Å². The first-order valence-corrected chi connectivity index (χ1v) is 9.93. The van der Waals surface area contributed by atoms with Gasteiger partial charge in [-0.15, -0.1) is 0 Å². The van der Waals surface area contributed by atoms with Crippen molar-refractivity contribution in [3.8, 4) is 0 Å². The van der Waals surface area contributed by atoms with Crippen LogP contribution < -0.4 is 4.90 Å². The van der Waals surface area contributed by atoms with Crippen LogP contribution in [0.25, 0.3) is 0 Å². The second kappa shape index (κ2) is 8.81. The minimum Gasteiger partial charge on any atom is -0.352 e. The lowest BCUT2D eigenvalue weighted by Crippen LogP contribution is -2.49. The molecule has 0 unspecified atom stereocenters. The fraction of sp³-hybridized carbons (Fsp3) is 0.381. The van der Waals surface area contributed by atoms with Gasteiger partial charge in [0.15, 0.2) is 0 Å². The molecule has 8 heteroatoms. The van der Waals surface area contributed by atoms with E-state index in [1.807, 2.05) is 35.2 Å². The van der Waals surface area contributed by atoms with Crippen molar-refractivity contribution >= 4 is 23.3 Å². The first kappa shape index (κ1) is 19.0. The summed E-state index contributed by atoms with van der Waals surface area (Å²) in [6, 6.07) is 9.88. The Labute approximate surface area is 169 Å². The number of aromatic nitrogens is 2. The molecule has 8 nitrogen and oxygen atoms in total. The van der Waals surface area contributed by atoms with Crippen LogP contribution in [-0.4, -0.2) is 70.1 Å². The van der Waals surface area contributed by atoms with Crippen LogP contribution >= 0.6 is 0 Å². The Bertz CT molecular complexity index is 879. The van der Waals surface area contributed by atoms with Gasteiger partial charge in [0.2, 0.25) is 11.8 Å². The van der Waals surface area contributed by atoms with Gasteiger partial charge in [-0.3, -0.25) is 14.6 Å². The molecule has 4 rings (SSSR count). The molecule has 0 spiro atoms. The summed E-state index contributed by atoms with van der Waals surface area (Å²) >= 11 is 0. The van der Waals surface area contributed by atoms with E-state index in [0.29, 0.717) is 19.6 Å². The molecule has 0 saturated carbocycles. The van der Waals surface area contributed by atoms with Gasteiger partial charge in [0.1, 0.15) is 5.82 Å². The molecular formula is C21H24N6O2. The highest BCUT2D eigenvalue weighted by Gasteiger charge is 2.25. The van der Waals surface area contributed by atoms with E-state index in [-0.39, 0.29) is 24.7 Å². The maximum absolute atomic E-state index is 12.5. The molecule has 0 N–H and O–H groups in total. The molecule has 0 radical (unpaired) electrons. The Balaban J connectivity index is 1.24. The summed E-state index contributed by atoms with van der Waals surface area (Å²) in [6.07, 6.45) is 6.20. The lowest BCUT2D eigenvalue weighted by Gasteiger charge is -2.35. The number of hydrazone groups is 1. The highest BCUT2D eigenvalue weighted by atomic mass is 16.2. The van der Waals surface area contributed by atoms with Gasteiger partial charge in [0.05, 0.1) is 18.5 Å². The van der Waals surface area contributed by atoms with Gasteiger partial charge in [-0.25, -0.2) is 9.99 Å². The molecule has 150 valence electrons. The third-order valence-corrected chi connectivity index (χ3v) is 5.26. The standard InChI is InChI=1S/C21H24N6O2/c28-20(26-14-12-25(13-15-26)19-16-22-9-10-23-19)6-7-21(29)27-11-8-18(24-27)17-4-2-1-3-5-17/h1-5,9-10,16H,6-8,11-15H2. The van der Waals surface area contributed by atoms with Crippen molar-refractivity contribution in [2.75, 3.05) is 37.6 Å². The number of anilines is 1. The number of rotatable bonds is 5. The Morgan fingerprint density at radius 1 is 0.897 bits per heavy atom. The fourth-order valence-corrected chi connectivity index (χ4v) is 3.61. The van der Waals surface area contributed by atoms with E-state index in [2.05, 4.69) is 20.0 Å². The molecule has 3 heterocycles. The summed E-state index contributed by atoms with van der Waals surface area (Å²) in [5.41, 5.74) is 1.96. The summed E-state index contributed by atoms with van der Waals surface area (Å²) in [5, 5.41) is 5.95. The number of hydrogen-bond acceptors (Lipinski definition) is 6. The largest absolute Gasteiger partial charge is 0.352 e. The normalized spacial score (nSPS) is 16.7. The molecule has 1 saturated heterocycles. The quantitative estimate of drug-likeness (QED) is 0.771. The summed E-state index contributed by atoms with van der Waals surface area (Å²) in [5.74, 6) is 0.752. The van der Waals surface area contributed by atoms with E-state index in [1.54, 1.807) is 18.6 Å². The minimum atomic E-state index is -0.0949. The zero-order valence-corrected chi connectivity index (χ0v) is 16.3. The van der Waals surface area contributed by atoms with Gasteiger partial charge in [0.25, 0.3) is 0 Å². The SMILES string of the molecule is O=C(CCC(=O)N1CCC(c2ccccc2)=N1)N1CCN(c2cnccn2)CC1. The molecule has 29 heavy (non-hydrogen) atoms. The van der Waals surface area contributed by atoms with Crippen molar-refractivity contribution < 1.29 is 9.59 Å². The number of hydrogen-bond donors (Lipinski definition) is 0. The molecule has 1 aromatic heterocycles. The van der Waals surface area contributed by atoms with Gasteiger partial charge in [-0.2, -0.15) is 5.10 Å². The predicted molar refractivity (Wildman–Crippen MR) is 109 cm³/mol. The topological polar surface area (TPSA) is 82.0 Å². The molecule has 0 aliphatic carbocycles. The molecule has 2 aliphatic rings. The van der Waals surface area contributed by atoms with E-state index in [4.69, 9.17) is 0 Å². The number of benzene rings is 1.